The highest BCUT2D eigenvalue weighted by molar-refractivity contribution is 7.89. The van der Waals surface area contributed by atoms with Crippen molar-refractivity contribution < 1.29 is 13.2 Å². The van der Waals surface area contributed by atoms with E-state index < -0.39 is 10.0 Å². The Labute approximate surface area is 185 Å². The van der Waals surface area contributed by atoms with Crippen molar-refractivity contribution in [2.75, 3.05) is 27.7 Å². The van der Waals surface area contributed by atoms with E-state index in [1.807, 2.05) is 6.07 Å². The second-order valence-electron chi connectivity index (χ2n) is 8.04. The van der Waals surface area contributed by atoms with E-state index in [1.54, 1.807) is 25.2 Å². The number of sulfonamides is 1. The number of benzene rings is 2. The van der Waals surface area contributed by atoms with Gasteiger partial charge in [0, 0.05) is 39.8 Å². The fraction of sp³-hybridized carbons (Fsp3) is 0.435. The minimum Gasteiger partial charge on any atom is -0.493 e. The molecule has 1 aliphatic carbocycles. The number of aliphatic imine (C=N–C) groups is 1. The molecule has 0 spiro atoms. The van der Waals surface area contributed by atoms with Crippen molar-refractivity contribution in [3.8, 4) is 5.75 Å². The van der Waals surface area contributed by atoms with E-state index >= 15 is 0 Å². The van der Waals surface area contributed by atoms with E-state index in [9.17, 15) is 8.42 Å². The Kier molecular flexibility index (Phi) is 7.56. The number of hydrogen-bond donors (Lipinski definition) is 2. The fourth-order valence-electron chi connectivity index (χ4n) is 3.11. The molecule has 0 bridgehead atoms. The lowest BCUT2D eigenvalue weighted by molar-refractivity contribution is 0.296. The third-order valence-corrected chi connectivity index (χ3v) is 7.16. The van der Waals surface area contributed by atoms with E-state index in [1.165, 1.54) is 31.2 Å². The molecule has 0 amide bonds. The highest BCUT2D eigenvalue weighted by Crippen LogP contribution is 2.30. The third-order valence-electron chi connectivity index (χ3n) is 5.24. The Balaban J connectivity index is 1.64. The highest BCUT2D eigenvalue weighted by Gasteiger charge is 2.23. The average Bonchev–Trinajstić information content (AvgIpc) is 3.58. The maximum Gasteiger partial charge on any atom is 0.242 e. The maximum atomic E-state index is 12.6. The van der Waals surface area contributed by atoms with E-state index in [4.69, 9.17) is 4.74 Å². The lowest BCUT2D eigenvalue weighted by Crippen LogP contribution is -2.37. The second-order valence-corrected chi connectivity index (χ2v) is 10.2. The van der Waals surface area contributed by atoms with Crippen LogP contribution in [0.1, 0.15) is 29.5 Å². The van der Waals surface area contributed by atoms with Gasteiger partial charge in [-0.2, -0.15) is 0 Å². The number of ether oxygens (including phenoxy) is 1. The van der Waals surface area contributed by atoms with E-state index in [-0.39, 0.29) is 4.90 Å². The number of aryl methyl sites for hydroxylation is 1. The van der Waals surface area contributed by atoms with Gasteiger partial charge in [-0.25, -0.2) is 12.7 Å². The Morgan fingerprint density at radius 3 is 2.42 bits per heavy atom. The van der Waals surface area contributed by atoms with Gasteiger partial charge in [-0.15, -0.1) is 0 Å². The summed E-state index contributed by atoms with van der Waals surface area (Å²) in [6.45, 7) is 3.71. The molecular weight excluding hydrogens is 412 g/mol. The maximum absolute atomic E-state index is 12.6. The molecule has 0 aliphatic heterocycles. The Bertz CT molecular complexity index is 1030. The number of nitrogens with one attached hydrogen (secondary N) is 2. The van der Waals surface area contributed by atoms with Crippen molar-refractivity contribution in [2.24, 2.45) is 10.9 Å². The van der Waals surface area contributed by atoms with Crippen LogP contribution in [0.4, 0.5) is 0 Å². The van der Waals surface area contributed by atoms with E-state index in [0.29, 0.717) is 30.5 Å². The Hall–Kier alpha value is -2.58. The number of nitrogens with zero attached hydrogens (tertiary/aromatic N) is 2. The molecule has 31 heavy (non-hydrogen) atoms. The summed E-state index contributed by atoms with van der Waals surface area (Å²) in [5.41, 5.74) is 2.91. The molecule has 0 saturated heterocycles. The lowest BCUT2D eigenvalue weighted by atomic mass is 10.1. The topological polar surface area (TPSA) is 83.0 Å². The van der Waals surface area contributed by atoms with Crippen molar-refractivity contribution in [1.82, 2.24) is 14.9 Å². The zero-order valence-electron chi connectivity index (χ0n) is 18.7. The first kappa shape index (κ1) is 23.1. The van der Waals surface area contributed by atoms with Gasteiger partial charge in [0.25, 0.3) is 0 Å². The normalized spacial score (nSPS) is 14.5. The average molecular weight is 445 g/mol. The van der Waals surface area contributed by atoms with Crippen molar-refractivity contribution in [2.45, 2.75) is 37.8 Å². The number of guanidine groups is 1. The van der Waals surface area contributed by atoms with Crippen molar-refractivity contribution in [3.05, 3.63) is 59.2 Å². The van der Waals surface area contributed by atoms with Crippen LogP contribution < -0.4 is 15.4 Å². The first-order valence-electron chi connectivity index (χ1n) is 10.5. The summed E-state index contributed by atoms with van der Waals surface area (Å²) in [6.07, 6.45) is 2.50. The van der Waals surface area contributed by atoms with Gasteiger partial charge in [0.15, 0.2) is 5.96 Å². The van der Waals surface area contributed by atoms with Crippen molar-refractivity contribution in [3.63, 3.8) is 0 Å². The molecule has 2 aromatic carbocycles. The minimum absolute atomic E-state index is 0.289. The monoisotopic (exact) mass is 444 g/mol. The van der Waals surface area contributed by atoms with Gasteiger partial charge in [-0.05, 0) is 48.9 Å². The van der Waals surface area contributed by atoms with Crippen LogP contribution in [0.2, 0.25) is 0 Å². The number of rotatable bonds is 9. The van der Waals surface area contributed by atoms with Gasteiger partial charge < -0.3 is 15.4 Å². The molecule has 168 valence electrons. The predicted octanol–water partition coefficient (Wildman–Crippen LogP) is 2.90. The molecule has 3 rings (SSSR count). The molecule has 1 saturated carbocycles. The van der Waals surface area contributed by atoms with E-state index in [2.05, 4.69) is 40.7 Å². The van der Waals surface area contributed by atoms with Gasteiger partial charge >= 0.3 is 0 Å². The summed E-state index contributed by atoms with van der Waals surface area (Å²) < 4.78 is 32.5. The Morgan fingerprint density at radius 2 is 1.77 bits per heavy atom. The van der Waals surface area contributed by atoms with Crippen LogP contribution in [-0.4, -0.2) is 46.4 Å². The van der Waals surface area contributed by atoms with Crippen molar-refractivity contribution in [1.29, 1.82) is 0 Å². The quantitative estimate of drug-likeness (QED) is 0.459. The van der Waals surface area contributed by atoms with Gasteiger partial charge in [0.1, 0.15) is 5.75 Å². The summed E-state index contributed by atoms with van der Waals surface area (Å²) >= 11 is 0. The van der Waals surface area contributed by atoms with Crippen LogP contribution in [0.3, 0.4) is 0 Å². The largest absolute Gasteiger partial charge is 0.493 e. The van der Waals surface area contributed by atoms with Gasteiger partial charge in [0.2, 0.25) is 10.0 Å². The molecule has 7 nitrogen and oxygen atoms in total. The van der Waals surface area contributed by atoms with Gasteiger partial charge in [-0.1, -0.05) is 30.3 Å². The second kappa shape index (κ2) is 10.2. The molecule has 0 aromatic heterocycles. The van der Waals surface area contributed by atoms with Crippen LogP contribution >= 0.6 is 0 Å². The summed E-state index contributed by atoms with van der Waals surface area (Å²) in [6, 6.07) is 13.2. The third kappa shape index (κ3) is 6.21. The summed E-state index contributed by atoms with van der Waals surface area (Å²) in [5, 5.41) is 6.51. The van der Waals surface area contributed by atoms with Crippen LogP contribution in [0.25, 0.3) is 0 Å². The molecule has 1 fully saturated rings. The molecule has 0 radical (unpaired) electrons. The van der Waals surface area contributed by atoms with Crippen LogP contribution in [0, 0.1) is 12.8 Å². The van der Waals surface area contributed by atoms with Gasteiger partial charge in [-0.3, -0.25) is 4.99 Å². The summed E-state index contributed by atoms with van der Waals surface area (Å²) in [4.78, 5) is 4.56. The molecule has 2 aromatic rings. The molecule has 8 heteroatoms. The van der Waals surface area contributed by atoms with Crippen LogP contribution in [-0.2, 0) is 23.1 Å². The smallest absolute Gasteiger partial charge is 0.242 e. The molecular formula is C23H32N4O3S. The van der Waals surface area contributed by atoms with E-state index in [0.717, 1.165) is 23.5 Å². The summed E-state index contributed by atoms with van der Waals surface area (Å²) in [5.74, 6) is 2.18. The first-order chi connectivity index (χ1) is 14.8. The minimum atomic E-state index is -3.52. The van der Waals surface area contributed by atoms with Crippen LogP contribution in [0.15, 0.2) is 52.4 Å². The van der Waals surface area contributed by atoms with Crippen molar-refractivity contribution >= 4 is 16.0 Å². The standard InChI is InChI=1S/C23H32N4O3S/c1-17-9-12-19(21(13-17)30-16-18-10-11-18)14-25-23(24-2)26-15-20-7-5-6-8-22(20)31(28,29)27(3)4/h5-9,12-13,18H,10-11,14-16H2,1-4H3,(H2,24,25,26). The predicted molar refractivity (Wildman–Crippen MR) is 124 cm³/mol. The molecule has 0 unspecified atom stereocenters. The van der Waals surface area contributed by atoms with Gasteiger partial charge in [0.05, 0.1) is 11.5 Å². The SMILES string of the molecule is CN=C(NCc1ccc(C)cc1OCC1CC1)NCc1ccccc1S(=O)(=O)N(C)C. The molecule has 2 N–H and O–H groups in total. The zero-order valence-corrected chi connectivity index (χ0v) is 19.5. The van der Waals surface area contributed by atoms with Crippen LogP contribution in [0.5, 0.6) is 5.75 Å². The fourth-order valence-corrected chi connectivity index (χ4v) is 4.23. The molecule has 0 atom stereocenters. The molecule has 1 aliphatic rings. The molecule has 0 heterocycles. The lowest BCUT2D eigenvalue weighted by Gasteiger charge is -2.18. The first-order valence-corrected chi connectivity index (χ1v) is 11.9. The Morgan fingerprint density at radius 1 is 1.10 bits per heavy atom. The number of hydrogen-bond acceptors (Lipinski definition) is 4. The highest BCUT2D eigenvalue weighted by atomic mass is 32.2. The zero-order chi connectivity index (χ0) is 22.4. The summed E-state index contributed by atoms with van der Waals surface area (Å²) in [7, 11) is 1.24.